The molecule has 84 valence electrons. The van der Waals surface area contributed by atoms with Gasteiger partial charge in [0, 0.05) is 19.4 Å². The van der Waals surface area contributed by atoms with Crippen molar-refractivity contribution < 1.29 is 4.74 Å². The molecule has 0 amide bonds. The molecule has 0 aromatic carbocycles. The highest BCUT2D eigenvalue weighted by Gasteiger charge is 2.17. The van der Waals surface area contributed by atoms with Crippen molar-refractivity contribution in [2.45, 2.75) is 6.04 Å². The van der Waals surface area contributed by atoms with Crippen LogP contribution in [0, 0.1) is 0 Å². The number of aryl methyl sites for hydroxylation is 1. The number of pyridine rings is 1. The predicted molar refractivity (Wildman–Crippen MR) is 60.0 cm³/mol. The van der Waals surface area contributed by atoms with Crippen LogP contribution >= 0.6 is 0 Å². The Bertz CT molecular complexity index is 480. The maximum absolute atomic E-state index is 6.09. The number of aromatic nitrogens is 3. The highest BCUT2D eigenvalue weighted by Crippen LogP contribution is 2.24. The average Bonchev–Trinajstić information content (AvgIpc) is 2.75. The van der Waals surface area contributed by atoms with Crippen LogP contribution < -0.4 is 10.5 Å². The molecule has 5 heteroatoms. The van der Waals surface area contributed by atoms with E-state index in [2.05, 4.69) is 10.1 Å². The first kappa shape index (κ1) is 10.6. The number of hydrogen-bond donors (Lipinski definition) is 1. The molecule has 1 unspecified atom stereocenters. The summed E-state index contributed by atoms with van der Waals surface area (Å²) in [4.78, 5) is 4.24. The molecule has 0 aliphatic heterocycles. The molecule has 0 aliphatic carbocycles. The maximum Gasteiger partial charge on any atom is 0.142 e. The first-order valence-electron chi connectivity index (χ1n) is 4.96. The molecule has 0 radical (unpaired) electrons. The van der Waals surface area contributed by atoms with E-state index in [4.69, 9.17) is 10.5 Å². The van der Waals surface area contributed by atoms with Gasteiger partial charge in [0.05, 0.1) is 18.8 Å². The van der Waals surface area contributed by atoms with Gasteiger partial charge in [-0.2, -0.15) is 5.10 Å². The van der Waals surface area contributed by atoms with Crippen molar-refractivity contribution in [3.63, 3.8) is 0 Å². The van der Waals surface area contributed by atoms with Crippen molar-refractivity contribution in [2.24, 2.45) is 12.8 Å². The minimum absolute atomic E-state index is 0.364. The molecule has 5 nitrogen and oxygen atoms in total. The van der Waals surface area contributed by atoms with E-state index in [0.29, 0.717) is 11.4 Å². The van der Waals surface area contributed by atoms with E-state index in [9.17, 15) is 0 Å². The lowest BCUT2D eigenvalue weighted by Gasteiger charge is -2.11. The van der Waals surface area contributed by atoms with Gasteiger partial charge in [0.1, 0.15) is 11.4 Å². The van der Waals surface area contributed by atoms with Gasteiger partial charge in [0.25, 0.3) is 0 Å². The number of hydrogen-bond acceptors (Lipinski definition) is 4. The summed E-state index contributed by atoms with van der Waals surface area (Å²) in [5.74, 6) is 0.681. The van der Waals surface area contributed by atoms with Gasteiger partial charge in [-0.25, -0.2) is 0 Å². The van der Waals surface area contributed by atoms with Gasteiger partial charge < -0.3 is 10.5 Å². The summed E-state index contributed by atoms with van der Waals surface area (Å²) in [6.07, 6.45) is 3.55. The molecule has 2 N–H and O–H groups in total. The Kier molecular flexibility index (Phi) is 2.87. The standard InChI is InChI=1S/C11H14N4O/c1-15-7-5-8(14-15)10(12)11-9(16-2)4-3-6-13-11/h3-7,10H,12H2,1-2H3. The third-order valence-corrected chi connectivity index (χ3v) is 2.37. The molecular weight excluding hydrogens is 204 g/mol. The number of nitrogens with two attached hydrogens (primary N) is 1. The van der Waals surface area contributed by atoms with Crippen molar-refractivity contribution in [3.05, 3.63) is 42.0 Å². The summed E-state index contributed by atoms with van der Waals surface area (Å²) in [7, 11) is 3.46. The lowest BCUT2D eigenvalue weighted by molar-refractivity contribution is 0.404. The molecular formula is C11H14N4O. The zero-order chi connectivity index (χ0) is 11.5. The van der Waals surface area contributed by atoms with Crippen molar-refractivity contribution in [1.29, 1.82) is 0 Å². The second kappa shape index (κ2) is 4.32. The molecule has 1 atom stereocenters. The van der Waals surface area contributed by atoms with E-state index in [-0.39, 0.29) is 6.04 Å². The van der Waals surface area contributed by atoms with Crippen LogP contribution in [0.1, 0.15) is 17.4 Å². The van der Waals surface area contributed by atoms with Crippen LogP contribution in [0.4, 0.5) is 0 Å². The van der Waals surface area contributed by atoms with Crippen LogP contribution in [-0.2, 0) is 7.05 Å². The van der Waals surface area contributed by atoms with Gasteiger partial charge in [-0.15, -0.1) is 0 Å². The van der Waals surface area contributed by atoms with Crippen molar-refractivity contribution >= 4 is 0 Å². The summed E-state index contributed by atoms with van der Waals surface area (Å²) < 4.78 is 6.93. The van der Waals surface area contributed by atoms with Crippen LogP contribution in [0.3, 0.4) is 0 Å². The molecule has 0 bridgehead atoms. The molecule has 2 aromatic heterocycles. The highest BCUT2D eigenvalue weighted by atomic mass is 16.5. The highest BCUT2D eigenvalue weighted by molar-refractivity contribution is 5.33. The fourth-order valence-electron chi connectivity index (χ4n) is 1.55. The Morgan fingerprint density at radius 3 is 2.88 bits per heavy atom. The van der Waals surface area contributed by atoms with Crippen LogP contribution in [-0.4, -0.2) is 21.9 Å². The van der Waals surface area contributed by atoms with Crippen molar-refractivity contribution in [2.75, 3.05) is 7.11 Å². The van der Waals surface area contributed by atoms with E-state index in [1.807, 2.05) is 31.4 Å². The molecule has 2 rings (SSSR count). The molecule has 0 saturated heterocycles. The number of methoxy groups -OCH3 is 1. The molecule has 0 spiro atoms. The van der Waals surface area contributed by atoms with Gasteiger partial charge in [-0.3, -0.25) is 9.67 Å². The topological polar surface area (TPSA) is 66.0 Å². The Hall–Kier alpha value is -1.88. The molecule has 2 aromatic rings. The van der Waals surface area contributed by atoms with Gasteiger partial charge in [-0.1, -0.05) is 0 Å². The largest absolute Gasteiger partial charge is 0.495 e. The summed E-state index contributed by atoms with van der Waals surface area (Å²) in [5, 5.41) is 4.26. The first-order chi connectivity index (χ1) is 7.72. The maximum atomic E-state index is 6.09. The van der Waals surface area contributed by atoms with Crippen LogP contribution in [0.2, 0.25) is 0 Å². The van der Waals surface area contributed by atoms with E-state index < -0.39 is 0 Å². The smallest absolute Gasteiger partial charge is 0.142 e. The van der Waals surface area contributed by atoms with Crippen molar-refractivity contribution in [3.8, 4) is 5.75 Å². The van der Waals surface area contributed by atoms with Gasteiger partial charge >= 0.3 is 0 Å². The molecule has 16 heavy (non-hydrogen) atoms. The average molecular weight is 218 g/mol. The van der Waals surface area contributed by atoms with Gasteiger partial charge in [0.2, 0.25) is 0 Å². The number of ether oxygens (including phenoxy) is 1. The second-order valence-corrected chi connectivity index (χ2v) is 3.48. The minimum atomic E-state index is -0.364. The lowest BCUT2D eigenvalue weighted by atomic mass is 10.1. The molecule has 0 saturated carbocycles. The van der Waals surface area contributed by atoms with Crippen LogP contribution in [0.15, 0.2) is 30.6 Å². The minimum Gasteiger partial charge on any atom is -0.495 e. The monoisotopic (exact) mass is 218 g/mol. The number of nitrogens with zero attached hydrogens (tertiary/aromatic N) is 3. The van der Waals surface area contributed by atoms with Crippen LogP contribution in [0.5, 0.6) is 5.75 Å². The SMILES string of the molecule is COc1cccnc1C(N)c1ccn(C)n1. The Morgan fingerprint density at radius 1 is 1.44 bits per heavy atom. The second-order valence-electron chi connectivity index (χ2n) is 3.48. The van der Waals surface area contributed by atoms with E-state index in [1.54, 1.807) is 18.0 Å². The fourth-order valence-corrected chi connectivity index (χ4v) is 1.55. The predicted octanol–water partition coefficient (Wildman–Crippen LogP) is 0.872. The summed E-state index contributed by atoms with van der Waals surface area (Å²) in [6, 6.07) is 5.16. The summed E-state index contributed by atoms with van der Waals surface area (Å²) >= 11 is 0. The zero-order valence-electron chi connectivity index (χ0n) is 9.29. The summed E-state index contributed by atoms with van der Waals surface area (Å²) in [5.41, 5.74) is 7.56. The first-order valence-corrected chi connectivity index (χ1v) is 4.96. The quantitative estimate of drug-likeness (QED) is 0.830. The summed E-state index contributed by atoms with van der Waals surface area (Å²) in [6.45, 7) is 0. The van der Waals surface area contributed by atoms with Crippen molar-refractivity contribution in [1.82, 2.24) is 14.8 Å². The van der Waals surface area contributed by atoms with Gasteiger partial charge in [-0.05, 0) is 18.2 Å². The Balaban J connectivity index is 2.36. The number of rotatable bonds is 3. The van der Waals surface area contributed by atoms with Crippen LogP contribution in [0.25, 0.3) is 0 Å². The Morgan fingerprint density at radius 2 is 2.25 bits per heavy atom. The third-order valence-electron chi connectivity index (χ3n) is 2.37. The van der Waals surface area contributed by atoms with Gasteiger partial charge in [0.15, 0.2) is 0 Å². The van der Waals surface area contributed by atoms with E-state index in [1.165, 1.54) is 0 Å². The zero-order valence-corrected chi connectivity index (χ0v) is 9.29. The normalized spacial score (nSPS) is 12.4. The Labute approximate surface area is 93.9 Å². The molecule has 0 fully saturated rings. The van der Waals surface area contributed by atoms with E-state index in [0.717, 1.165) is 5.69 Å². The third kappa shape index (κ3) is 1.90. The lowest BCUT2D eigenvalue weighted by Crippen LogP contribution is -2.15. The molecule has 2 heterocycles. The fraction of sp³-hybridized carbons (Fsp3) is 0.273. The van der Waals surface area contributed by atoms with E-state index >= 15 is 0 Å². The molecule has 0 aliphatic rings.